The molecule has 0 unspecified atom stereocenters. The predicted molar refractivity (Wildman–Crippen MR) is 71.6 cm³/mol. The number of halogens is 2. The van der Waals surface area contributed by atoms with Crippen LogP contribution in [0.1, 0.15) is 11.3 Å². The van der Waals surface area contributed by atoms with E-state index in [9.17, 15) is 0 Å². The average Bonchev–Trinajstić information content (AvgIpc) is 2.72. The molecule has 0 atom stereocenters. The van der Waals surface area contributed by atoms with Crippen molar-refractivity contribution in [1.82, 2.24) is 20.3 Å². The van der Waals surface area contributed by atoms with Gasteiger partial charge in [0.05, 0.1) is 17.6 Å². The standard InChI is InChI=1S/C11H12BrClN4/c1-7-3-9(12)11(4-10(7)13)17-8(5-14-2)6-15-16-17/h3-4,6,14H,5H2,1-2H3. The van der Waals surface area contributed by atoms with Crippen molar-refractivity contribution in [3.05, 3.63) is 39.1 Å². The monoisotopic (exact) mass is 314 g/mol. The quantitative estimate of drug-likeness (QED) is 0.947. The van der Waals surface area contributed by atoms with Crippen LogP contribution < -0.4 is 5.32 Å². The van der Waals surface area contributed by atoms with Crippen molar-refractivity contribution < 1.29 is 0 Å². The minimum Gasteiger partial charge on any atom is -0.314 e. The first-order valence-corrected chi connectivity index (χ1v) is 6.30. The van der Waals surface area contributed by atoms with Crippen LogP contribution >= 0.6 is 27.5 Å². The largest absolute Gasteiger partial charge is 0.314 e. The molecule has 1 heterocycles. The van der Waals surface area contributed by atoms with Crippen LogP contribution in [0.25, 0.3) is 5.69 Å². The second-order valence-corrected chi connectivity index (χ2v) is 4.98. The van der Waals surface area contributed by atoms with Gasteiger partial charge in [0.2, 0.25) is 0 Å². The Morgan fingerprint density at radius 3 is 2.94 bits per heavy atom. The van der Waals surface area contributed by atoms with E-state index in [0.29, 0.717) is 11.6 Å². The van der Waals surface area contributed by atoms with Gasteiger partial charge in [0.15, 0.2) is 0 Å². The maximum atomic E-state index is 6.13. The molecular weight excluding hydrogens is 304 g/mol. The Labute approximate surface area is 113 Å². The Balaban J connectivity index is 2.52. The summed E-state index contributed by atoms with van der Waals surface area (Å²) in [6, 6.07) is 3.86. The molecular formula is C11H12BrClN4. The number of rotatable bonds is 3. The van der Waals surface area contributed by atoms with E-state index in [2.05, 4.69) is 31.6 Å². The fourth-order valence-electron chi connectivity index (χ4n) is 1.56. The molecule has 0 aliphatic carbocycles. The molecule has 2 aromatic rings. The number of benzene rings is 1. The van der Waals surface area contributed by atoms with Gasteiger partial charge >= 0.3 is 0 Å². The molecule has 0 aliphatic rings. The number of nitrogens with one attached hydrogen (secondary N) is 1. The Morgan fingerprint density at radius 1 is 1.47 bits per heavy atom. The molecule has 1 N–H and O–H groups in total. The van der Waals surface area contributed by atoms with Crippen LogP contribution in [0.2, 0.25) is 5.02 Å². The molecule has 0 bridgehead atoms. The summed E-state index contributed by atoms with van der Waals surface area (Å²) in [5.41, 5.74) is 2.90. The van der Waals surface area contributed by atoms with Crippen molar-refractivity contribution in [2.75, 3.05) is 7.05 Å². The van der Waals surface area contributed by atoms with Gasteiger partial charge in [0.1, 0.15) is 0 Å². The van der Waals surface area contributed by atoms with E-state index in [4.69, 9.17) is 11.6 Å². The summed E-state index contributed by atoms with van der Waals surface area (Å²) >= 11 is 9.65. The number of hydrogen-bond acceptors (Lipinski definition) is 3. The van der Waals surface area contributed by atoms with E-state index >= 15 is 0 Å². The SMILES string of the molecule is CNCc1cnnn1-c1cc(Cl)c(C)cc1Br. The topological polar surface area (TPSA) is 42.7 Å². The van der Waals surface area contributed by atoms with Crippen LogP contribution in [0.3, 0.4) is 0 Å². The van der Waals surface area contributed by atoms with Crippen molar-refractivity contribution in [2.45, 2.75) is 13.5 Å². The van der Waals surface area contributed by atoms with Crippen LogP contribution in [-0.2, 0) is 6.54 Å². The van der Waals surface area contributed by atoms with Crippen LogP contribution in [0, 0.1) is 6.92 Å². The lowest BCUT2D eigenvalue weighted by Crippen LogP contribution is -2.11. The normalized spacial score (nSPS) is 10.8. The highest BCUT2D eigenvalue weighted by Crippen LogP contribution is 2.28. The fourth-order valence-corrected chi connectivity index (χ4v) is 2.34. The second-order valence-electron chi connectivity index (χ2n) is 3.72. The minimum absolute atomic E-state index is 0.699. The highest BCUT2D eigenvalue weighted by molar-refractivity contribution is 9.10. The van der Waals surface area contributed by atoms with Gasteiger partial charge in [-0.05, 0) is 47.6 Å². The lowest BCUT2D eigenvalue weighted by atomic mass is 10.2. The molecule has 90 valence electrons. The average molecular weight is 316 g/mol. The summed E-state index contributed by atoms with van der Waals surface area (Å²) in [7, 11) is 1.88. The number of nitrogens with zero attached hydrogens (tertiary/aromatic N) is 3. The van der Waals surface area contributed by atoms with Crippen molar-refractivity contribution in [3.63, 3.8) is 0 Å². The Bertz CT molecular complexity index is 538. The van der Waals surface area contributed by atoms with Crippen LogP contribution in [0.4, 0.5) is 0 Å². The molecule has 17 heavy (non-hydrogen) atoms. The van der Waals surface area contributed by atoms with Crippen molar-refractivity contribution in [2.24, 2.45) is 0 Å². The molecule has 0 saturated carbocycles. The molecule has 4 nitrogen and oxygen atoms in total. The Morgan fingerprint density at radius 2 is 2.24 bits per heavy atom. The van der Waals surface area contributed by atoms with Gasteiger partial charge in [-0.3, -0.25) is 0 Å². The number of hydrogen-bond donors (Lipinski definition) is 1. The minimum atomic E-state index is 0.699. The van der Waals surface area contributed by atoms with Crippen LogP contribution in [0.5, 0.6) is 0 Å². The zero-order valence-corrected chi connectivity index (χ0v) is 11.9. The highest BCUT2D eigenvalue weighted by Gasteiger charge is 2.11. The maximum Gasteiger partial charge on any atom is 0.0824 e. The number of aromatic nitrogens is 3. The van der Waals surface area contributed by atoms with Crippen LogP contribution in [0.15, 0.2) is 22.8 Å². The fraction of sp³-hybridized carbons (Fsp3) is 0.273. The number of aryl methyl sites for hydroxylation is 1. The first kappa shape index (κ1) is 12.5. The van der Waals surface area contributed by atoms with E-state index < -0.39 is 0 Å². The van der Waals surface area contributed by atoms with Crippen LogP contribution in [-0.4, -0.2) is 22.0 Å². The van der Waals surface area contributed by atoms with Gasteiger partial charge in [0, 0.05) is 16.0 Å². The Kier molecular flexibility index (Phi) is 3.81. The van der Waals surface area contributed by atoms with Gasteiger partial charge in [-0.25, -0.2) is 4.68 Å². The Hall–Kier alpha value is -0.910. The maximum absolute atomic E-state index is 6.13. The van der Waals surface area contributed by atoms with Gasteiger partial charge in [-0.15, -0.1) is 5.10 Å². The molecule has 2 rings (SSSR count). The van der Waals surface area contributed by atoms with Crippen molar-refractivity contribution >= 4 is 27.5 Å². The predicted octanol–water partition coefficient (Wildman–Crippen LogP) is 2.71. The molecule has 0 amide bonds. The molecule has 1 aromatic carbocycles. The van der Waals surface area contributed by atoms with Crippen molar-refractivity contribution in [3.8, 4) is 5.69 Å². The van der Waals surface area contributed by atoms with E-state index in [1.165, 1.54) is 0 Å². The zero-order chi connectivity index (χ0) is 12.4. The van der Waals surface area contributed by atoms with E-state index in [-0.39, 0.29) is 0 Å². The second kappa shape index (κ2) is 5.16. The first-order valence-electron chi connectivity index (χ1n) is 5.13. The van der Waals surface area contributed by atoms with E-state index in [0.717, 1.165) is 21.4 Å². The van der Waals surface area contributed by atoms with E-state index in [1.807, 2.05) is 26.1 Å². The van der Waals surface area contributed by atoms with Gasteiger partial charge in [-0.1, -0.05) is 16.8 Å². The third-order valence-corrected chi connectivity index (χ3v) is 3.48. The summed E-state index contributed by atoms with van der Waals surface area (Å²) in [5, 5.41) is 11.8. The van der Waals surface area contributed by atoms with Gasteiger partial charge in [-0.2, -0.15) is 0 Å². The van der Waals surface area contributed by atoms with Gasteiger partial charge in [0.25, 0.3) is 0 Å². The molecule has 6 heteroatoms. The summed E-state index contributed by atoms with van der Waals surface area (Å²) in [6.45, 7) is 2.66. The van der Waals surface area contributed by atoms with Gasteiger partial charge < -0.3 is 5.32 Å². The molecule has 0 saturated heterocycles. The highest BCUT2D eigenvalue weighted by atomic mass is 79.9. The zero-order valence-electron chi connectivity index (χ0n) is 9.54. The lowest BCUT2D eigenvalue weighted by Gasteiger charge is -2.10. The van der Waals surface area contributed by atoms with E-state index in [1.54, 1.807) is 10.9 Å². The first-order chi connectivity index (χ1) is 8.13. The summed E-state index contributed by atoms with van der Waals surface area (Å²) in [5.74, 6) is 0. The molecule has 0 radical (unpaired) electrons. The summed E-state index contributed by atoms with van der Waals surface area (Å²) in [6.07, 6.45) is 1.73. The smallest absolute Gasteiger partial charge is 0.0824 e. The molecule has 0 fully saturated rings. The third kappa shape index (κ3) is 2.51. The molecule has 0 aliphatic heterocycles. The summed E-state index contributed by atoms with van der Waals surface area (Å²) in [4.78, 5) is 0. The lowest BCUT2D eigenvalue weighted by molar-refractivity contribution is 0.712. The third-order valence-electron chi connectivity index (χ3n) is 2.43. The molecule has 0 spiro atoms. The summed E-state index contributed by atoms with van der Waals surface area (Å²) < 4.78 is 2.72. The molecule has 1 aromatic heterocycles. The van der Waals surface area contributed by atoms with Crippen molar-refractivity contribution in [1.29, 1.82) is 0 Å².